The van der Waals surface area contributed by atoms with Gasteiger partial charge in [0, 0.05) is 11.1 Å². The van der Waals surface area contributed by atoms with E-state index in [1.54, 1.807) is 27.7 Å². The third kappa shape index (κ3) is 4.51. The summed E-state index contributed by atoms with van der Waals surface area (Å²) in [5, 5.41) is 0. The van der Waals surface area contributed by atoms with Crippen LogP contribution in [0.3, 0.4) is 0 Å². The molecule has 0 N–H and O–H groups in total. The highest BCUT2D eigenvalue weighted by atomic mass is 16.2. The van der Waals surface area contributed by atoms with Crippen LogP contribution in [0, 0.1) is 10.8 Å². The minimum atomic E-state index is -0.915. The van der Waals surface area contributed by atoms with Crippen LogP contribution in [0.4, 0.5) is 5.95 Å². The van der Waals surface area contributed by atoms with Gasteiger partial charge in [-0.1, -0.05) is 103 Å². The molecule has 6 heteroatoms. The van der Waals surface area contributed by atoms with Crippen LogP contribution in [0.5, 0.6) is 0 Å². The number of aromatic nitrogens is 3. The van der Waals surface area contributed by atoms with Gasteiger partial charge in [0.2, 0.25) is 17.8 Å². The average Bonchev–Trinajstić information content (AvgIpc) is 3.13. The van der Waals surface area contributed by atoms with Crippen molar-refractivity contribution >= 4 is 17.8 Å². The zero-order chi connectivity index (χ0) is 28.8. The van der Waals surface area contributed by atoms with E-state index in [-0.39, 0.29) is 17.8 Å². The fourth-order valence-corrected chi connectivity index (χ4v) is 5.00. The SMILES string of the molecule is CC1(C)C(=O)N(c2nc(-c3ccc(-c4ccccc4)cc3)nc(-c3cccc(-c4ccccc4)c3)n2)C(=O)C1(C)C. The summed E-state index contributed by atoms with van der Waals surface area (Å²) in [7, 11) is 0. The van der Waals surface area contributed by atoms with Crippen molar-refractivity contribution in [2.75, 3.05) is 4.90 Å². The van der Waals surface area contributed by atoms with Gasteiger partial charge >= 0.3 is 0 Å². The number of benzene rings is 4. The van der Waals surface area contributed by atoms with Crippen molar-refractivity contribution in [3.05, 3.63) is 109 Å². The van der Waals surface area contributed by atoms with Crippen LogP contribution in [0.25, 0.3) is 45.0 Å². The second-order valence-corrected chi connectivity index (χ2v) is 11.4. The lowest BCUT2D eigenvalue weighted by Gasteiger charge is -2.28. The van der Waals surface area contributed by atoms with Crippen molar-refractivity contribution < 1.29 is 9.59 Å². The Hall–Kier alpha value is -4.97. The van der Waals surface area contributed by atoms with Crippen molar-refractivity contribution in [2.45, 2.75) is 27.7 Å². The summed E-state index contributed by atoms with van der Waals surface area (Å²) in [6.45, 7) is 7.17. The summed E-state index contributed by atoms with van der Waals surface area (Å²) in [6.07, 6.45) is 0. The first-order chi connectivity index (χ1) is 19.7. The van der Waals surface area contributed by atoms with Gasteiger partial charge in [0.25, 0.3) is 0 Å². The highest BCUT2D eigenvalue weighted by molar-refractivity contribution is 6.24. The van der Waals surface area contributed by atoms with Gasteiger partial charge in [-0.15, -0.1) is 0 Å². The highest BCUT2D eigenvalue weighted by Crippen LogP contribution is 2.48. The number of carbonyl (C=O) groups excluding carboxylic acids is 2. The van der Waals surface area contributed by atoms with Crippen LogP contribution >= 0.6 is 0 Å². The minimum absolute atomic E-state index is 0.0379. The Morgan fingerprint density at radius 3 is 1.44 bits per heavy atom. The number of rotatable bonds is 5. The third-order valence-corrected chi connectivity index (χ3v) is 8.34. The molecule has 6 nitrogen and oxygen atoms in total. The molecule has 6 rings (SSSR count). The molecular weight excluding hydrogens is 508 g/mol. The second-order valence-electron chi connectivity index (χ2n) is 11.4. The molecule has 0 unspecified atom stereocenters. The fraction of sp³-hybridized carbons (Fsp3) is 0.171. The lowest BCUT2D eigenvalue weighted by atomic mass is 9.70. The molecule has 4 aromatic carbocycles. The molecule has 0 aliphatic carbocycles. The van der Waals surface area contributed by atoms with Gasteiger partial charge in [0.05, 0.1) is 10.8 Å². The second kappa shape index (κ2) is 9.89. The molecule has 1 fully saturated rings. The Labute approximate surface area is 239 Å². The van der Waals surface area contributed by atoms with E-state index in [9.17, 15) is 9.59 Å². The Morgan fingerprint density at radius 1 is 0.463 bits per heavy atom. The summed E-state index contributed by atoms with van der Waals surface area (Å²) in [4.78, 5) is 42.5. The standard InChI is InChI=1S/C35H30N4O2/c1-34(2)31(40)39(32(41)35(34,3)4)33-37-29(26-20-18-25(19-21-26)23-12-7-5-8-13-23)36-30(38-33)28-17-11-16-27(22-28)24-14-9-6-10-15-24/h5-22H,1-4H3. The zero-order valence-corrected chi connectivity index (χ0v) is 23.5. The molecule has 41 heavy (non-hydrogen) atoms. The Morgan fingerprint density at radius 2 is 0.878 bits per heavy atom. The number of carbonyl (C=O) groups is 2. The first-order valence-electron chi connectivity index (χ1n) is 13.6. The molecule has 0 spiro atoms. The maximum absolute atomic E-state index is 13.6. The monoisotopic (exact) mass is 538 g/mol. The molecule has 0 bridgehead atoms. The van der Waals surface area contributed by atoms with Gasteiger partial charge in [-0.25, -0.2) is 9.88 Å². The van der Waals surface area contributed by atoms with Crippen LogP contribution in [0.2, 0.25) is 0 Å². The van der Waals surface area contributed by atoms with E-state index in [2.05, 4.69) is 17.1 Å². The molecule has 5 aromatic rings. The topological polar surface area (TPSA) is 76.1 Å². The van der Waals surface area contributed by atoms with E-state index in [1.165, 1.54) is 0 Å². The first-order valence-corrected chi connectivity index (χ1v) is 13.6. The molecule has 0 radical (unpaired) electrons. The lowest BCUT2D eigenvalue weighted by molar-refractivity contribution is -0.129. The van der Waals surface area contributed by atoms with Crippen molar-refractivity contribution in [2.24, 2.45) is 10.8 Å². The van der Waals surface area contributed by atoms with Gasteiger partial charge in [0.15, 0.2) is 11.6 Å². The summed E-state index contributed by atoms with van der Waals surface area (Å²) in [6, 6.07) is 36.0. The number of nitrogens with zero attached hydrogens (tertiary/aromatic N) is 4. The predicted molar refractivity (Wildman–Crippen MR) is 162 cm³/mol. The Balaban J connectivity index is 1.49. The van der Waals surface area contributed by atoms with Gasteiger partial charge in [-0.2, -0.15) is 9.97 Å². The lowest BCUT2D eigenvalue weighted by Crippen LogP contribution is -2.35. The van der Waals surface area contributed by atoms with Crippen LogP contribution in [-0.2, 0) is 9.59 Å². The normalized spacial score (nSPS) is 15.8. The first kappa shape index (κ1) is 26.3. The van der Waals surface area contributed by atoms with Crippen molar-refractivity contribution in [1.29, 1.82) is 0 Å². The maximum Gasteiger partial charge on any atom is 0.243 e. The molecule has 2 heterocycles. The van der Waals surface area contributed by atoms with E-state index >= 15 is 0 Å². The van der Waals surface area contributed by atoms with Crippen LogP contribution < -0.4 is 4.90 Å². The van der Waals surface area contributed by atoms with Crippen LogP contribution in [-0.4, -0.2) is 26.8 Å². The van der Waals surface area contributed by atoms with Gasteiger partial charge < -0.3 is 0 Å². The smallest absolute Gasteiger partial charge is 0.243 e. The maximum atomic E-state index is 13.6. The zero-order valence-electron chi connectivity index (χ0n) is 23.5. The predicted octanol–water partition coefficient (Wildman–Crippen LogP) is 7.47. The van der Waals surface area contributed by atoms with E-state index in [1.807, 2.05) is 97.1 Å². The Bertz CT molecular complexity index is 1740. The summed E-state index contributed by atoms with van der Waals surface area (Å²) < 4.78 is 0. The van der Waals surface area contributed by atoms with E-state index in [0.717, 1.165) is 38.3 Å². The number of anilines is 1. The molecule has 0 saturated carbocycles. The number of amides is 2. The van der Waals surface area contributed by atoms with Gasteiger partial charge in [-0.3, -0.25) is 9.59 Å². The molecule has 0 atom stereocenters. The minimum Gasteiger partial charge on any atom is -0.273 e. The molecule has 2 amide bonds. The summed E-state index contributed by atoms with van der Waals surface area (Å²) >= 11 is 0. The number of hydrogen-bond donors (Lipinski definition) is 0. The average molecular weight is 539 g/mol. The Kier molecular flexibility index (Phi) is 6.34. The molecule has 1 aromatic heterocycles. The van der Waals surface area contributed by atoms with E-state index in [4.69, 9.17) is 9.97 Å². The van der Waals surface area contributed by atoms with Crippen molar-refractivity contribution in [1.82, 2.24) is 15.0 Å². The summed E-state index contributed by atoms with van der Waals surface area (Å²) in [5.41, 5.74) is 3.92. The third-order valence-electron chi connectivity index (χ3n) is 8.34. The number of imide groups is 1. The van der Waals surface area contributed by atoms with E-state index in [0.29, 0.717) is 11.6 Å². The van der Waals surface area contributed by atoms with Crippen molar-refractivity contribution in [3.63, 3.8) is 0 Å². The van der Waals surface area contributed by atoms with Crippen molar-refractivity contribution in [3.8, 4) is 45.0 Å². The summed E-state index contributed by atoms with van der Waals surface area (Å²) in [5.74, 6) is 0.160. The largest absolute Gasteiger partial charge is 0.273 e. The molecule has 202 valence electrons. The van der Waals surface area contributed by atoms with Crippen LogP contribution in [0.15, 0.2) is 109 Å². The molecule has 1 aliphatic rings. The van der Waals surface area contributed by atoms with E-state index < -0.39 is 10.8 Å². The fourth-order valence-electron chi connectivity index (χ4n) is 5.00. The molecule has 1 aliphatic heterocycles. The van der Waals surface area contributed by atoms with Crippen LogP contribution in [0.1, 0.15) is 27.7 Å². The van der Waals surface area contributed by atoms with Gasteiger partial charge in [-0.05, 0) is 56.0 Å². The molecular formula is C35H30N4O2. The van der Waals surface area contributed by atoms with Gasteiger partial charge in [0.1, 0.15) is 0 Å². The molecule has 1 saturated heterocycles. The highest BCUT2D eigenvalue weighted by Gasteiger charge is 2.60. The quantitative estimate of drug-likeness (QED) is 0.217. The number of hydrogen-bond acceptors (Lipinski definition) is 5.